The molecule has 6 heteroatoms. The zero-order valence-electron chi connectivity index (χ0n) is 13.9. The quantitative estimate of drug-likeness (QED) is 0.800. The number of para-hydroxylation sites is 1. The fourth-order valence-electron chi connectivity index (χ4n) is 3.15. The maximum absolute atomic E-state index is 12.9. The van der Waals surface area contributed by atoms with Crippen molar-refractivity contribution in [1.82, 2.24) is 0 Å². The topological polar surface area (TPSA) is 75.0 Å². The van der Waals surface area contributed by atoms with Crippen molar-refractivity contribution in [2.75, 3.05) is 21.3 Å². The van der Waals surface area contributed by atoms with Gasteiger partial charge in [-0.25, -0.2) is 0 Å². The summed E-state index contributed by atoms with van der Waals surface area (Å²) in [6, 6.07) is 6.89. The van der Waals surface area contributed by atoms with E-state index >= 15 is 0 Å². The van der Waals surface area contributed by atoms with Crippen LogP contribution < -0.4 is 5.43 Å². The molecule has 1 atom stereocenters. The van der Waals surface area contributed by atoms with Crippen molar-refractivity contribution in [2.45, 2.75) is 18.8 Å². The van der Waals surface area contributed by atoms with Crippen molar-refractivity contribution in [3.63, 3.8) is 0 Å². The van der Waals surface area contributed by atoms with E-state index in [9.17, 15) is 9.59 Å². The Morgan fingerprint density at radius 1 is 1.17 bits per heavy atom. The molecule has 1 aromatic heterocycles. The van der Waals surface area contributed by atoms with Gasteiger partial charge in [-0.1, -0.05) is 12.1 Å². The first-order chi connectivity index (χ1) is 11.5. The Balaban J connectivity index is 2.47. The second-order valence-corrected chi connectivity index (χ2v) is 5.52. The number of Topliss-reactive ketones (excluding diaryl/α,β-unsaturated/α-hetero) is 1. The molecule has 0 fully saturated rings. The molecule has 3 rings (SSSR count). The van der Waals surface area contributed by atoms with Gasteiger partial charge in [0.2, 0.25) is 0 Å². The van der Waals surface area contributed by atoms with Crippen LogP contribution in [0.5, 0.6) is 0 Å². The molecule has 0 unspecified atom stereocenters. The van der Waals surface area contributed by atoms with E-state index in [1.807, 2.05) is 0 Å². The number of ketones is 1. The Morgan fingerprint density at radius 3 is 2.42 bits per heavy atom. The highest BCUT2D eigenvalue weighted by atomic mass is 16.7. The van der Waals surface area contributed by atoms with E-state index in [0.717, 1.165) is 0 Å². The van der Waals surface area contributed by atoms with Crippen LogP contribution in [0.25, 0.3) is 17.0 Å². The predicted molar refractivity (Wildman–Crippen MR) is 87.6 cm³/mol. The number of methoxy groups -OCH3 is 3. The van der Waals surface area contributed by atoms with Gasteiger partial charge in [0.25, 0.3) is 5.79 Å². The third kappa shape index (κ3) is 2.15. The smallest absolute Gasteiger partial charge is 0.260 e. The number of fused-ring (bicyclic) bond motifs is 2. The summed E-state index contributed by atoms with van der Waals surface area (Å²) < 4.78 is 22.5. The third-order valence-electron chi connectivity index (χ3n) is 4.33. The summed E-state index contributed by atoms with van der Waals surface area (Å²) in [4.78, 5) is 25.0. The van der Waals surface area contributed by atoms with E-state index in [1.54, 1.807) is 24.3 Å². The van der Waals surface area contributed by atoms with Gasteiger partial charge in [0.05, 0.1) is 10.9 Å². The molecule has 126 valence electrons. The minimum absolute atomic E-state index is 0.188. The van der Waals surface area contributed by atoms with Crippen LogP contribution in [-0.4, -0.2) is 33.2 Å². The van der Waals surface area contributed by atoms with Crippen LogP contribution >= 0.6 is 0 Å². The molecule has 0 amide bonds. The lowest BCUT2D eigenvalue weighted by Gasteiger charge is -2.39. The number of hydrogen-bond acceptors (Lipinski definition) is 6. The van der Waals surface area contributed by atoms with Gasteiger partial charge >= 0.3 is 0 Å². The average Bonchev–Trinajstić information content (AvgIpc) is 2.60. The first kappa shape index (κ1) is 16.6. The molecule has 0 spiro atoms. The number of hydrogen-bond donors (Lipinski definition) is 0. The molecule has 1 aliphatic carbocycles. The van der Waals surface area contributed by atoms with Gasteiger partial charge < -0.3 is 18.6 Å². The summed E-state index contributed by atoms with van der Waals surface area (Å²) in [5.74, 6) is -1.57. The van der Waals surface area contributed by atoms with Crippen molar-refractivity contribution in [1.29, 1.82) is 0 Å². The van der Waals surface area contributed by atoms with Gasteiger partial charge in [-0.3, -0.25) is 9.59 Å². The maximum atomic E-state index is 12.9. The van der Waals surface area contributed by atoms with Gasteiger partial charge in [0, 0.05) is 26.9 Å². The van der Waals surface area contributed by atoms with E-state index in [1.165, 1.54) is 34.3 Å². The summed E-state index contributed by atoms with van der Waals surface area (Å²) in [6.07, 6.45) is 0.641. The standard InChI is InChI=1S/C18H18O6/c1-10(19)12-9-13-15(20)11-7-5-6-8-14(11)24-17(13)18(22-3,23-4)16(12)21-2/h5-9,16H,1-4H3/t16-/m0/s1. The normalized spacial score (nSPS) is 19.0. The largest absolute Gasteiger partial charge is 0.454 e. The minimum Gasteiger partial charge on any atom is -0.454 e. The van der Waals surface area contributed by atoms with Crippen LogP contribution in [0.3, 0.4) is 0 Å². The fourth-order valence-corrected chi connectivity index (χ4v) is 3.15. The summed E-state index contributed by atoms with van der Waals surface area (Å²) in [7, 11) is 4.27. The van der Waals surface area contributed by atoms with Crippen LogP contribution in [0.2, 0.25) is 0 Å². The zero-order chi connectivity index (χ0) is 17.5. The van der Waals surface area contributed by atoms with Crippen molar-refractivity contribution < 1.29 is 23.4 Å². The molecule has 2 aromatic rings. The van der Waals surface area contributed by atoms with Gasteiger partial charge in [0.15, 0.2) is 17.0 Å². The van der Waals surface area contributed by atoms with E-state index in [0.29, 0.717) is 11.0 Å². The molecule has 0 bridgehead atoms. The van der Waals surface area contributed by atoms with Gasteiger partial charge in [0.1, 0.15) is 11.7 Å². The molecule has 0 saturated carbocycles. The van der Waals surface area contributed by atoms with Crippen molar-refractivity contribution in [2.24, 2.45) is 0 Å². The Labute approximate surface area is 138 Å². The van der Waals surface area contributed by atoms with E-state index < -0.39 is 11.9 Å². The van der Waals surface area contributed by atoms with Crippen molar-refractivity contribution in [3.05, 3.63) is 51.4 Å². The summed E-state index contributed by atoms with van der Waals surface area (Å²) in [5.41, 5.74) is 0.681. The maximum Gasteiger partial charge on any atom is 0.260 e. The van der Waals surface area contributed by atoms with Gasteiger partial charge in [-0.15, -0.1) is 0 Å². The summed E-state index contributed by atoms with van der Waals surface area (Å²) in [6.45, 7) is 1.40. The number of benzene rings is 1. The molecule has 0 aliphatic heterocycles. The second-order valence-electron chi connectivity index (χ2n) is 5.52. The molecule has 0 saturated heterocycles. The summed E-state index contributed by atoms with van der Waals surface area (Å²) >= 11 is 0. The Morgan fingerprint density at radius 2 is 1.83 bits per heavy atom. The SMILES string of the molecule is CO[C@H]1C(C(C)=O)=Cc2c(oc3ccccc3c2=O)C1(OC)OC. The first-order valence-corrected chi connectivity index (χ1v) is 7.42. The second kappa shape index (κ2) is 5.98. The molecular weight excluding hydrogens is 312 g/mol. The highest BCUT2D eigenvalue weighted by Gasteiger charge is 2.52. The molecule has 1 aliphatic rings. The number of rotatable bonds is 4. The molecule has 1 heterocycles. The van der Waals surface area contributed by atoms with Crippen molar-refractivity contribution in [3.8, 4) is 0 Å². The highest BCUT2D eigenvalue weighted by molar-refractivity contribution is 6.00. The van der Waals surface area contributed by atoms with Crippen molar-refractivity contribution >= 4 is 22.8 Å². The molecule has 6 nitrogen and oxygen atoms in total. The first-order valence-electron chi connectivity index (χ1n) is 7.42. The summed E-state index contributed by atoms with van der Waals surface area (Å²) in [5, 5.41) is 0.423. The molecule has 0 radical (unpaired) electrons. The van der Waals surface area contributed by atoms with Crippen LogP contribution in [0.4, 0.5) is 0 Å². The van der Waals surface area contributed by atoms with E-state index in [-0.39, 0.29) is 28.1 Å². The lowest BCUT2D eigenvalue weighted by Crippen LogP contribution is -2.49. The Kier molecular flexibility index (Phi) is 4.13. The third-order valence-corrected chi connectivity index (χ3v) is 4.33. The Bertz CT molecular complexity index is 888. The van der Waals surface area contributed by atoms with Crippen LogP contribution in [0, 0.1) is 0 Å². The van der Waals surface area contributed by atoms with E-state index in [2.05, 4.69) is 0 Å². The number of carbonyl (C=O) groups is 1. The van der Waals surface area contributed by atoms with E-state index in [4.69, 9.17) is 18.6 Å². The Hall–Kier alpha value is -2.28. The molecular formula is C18H18O6. The molecule has 24 heavy (non-hydrogen) atoms. The van der Waals surface area contributed by atoms with Gasteiger partial charge in [-0.2, -0.15) is 0 Å². The minimum atomic E-state index is -1.52. The van der Waals surface area contributed by atoms with Crippen LogP contribution in [0.1, 0.15) is 18.2 Å². The van der Waals surface area contributed by atoms with Crippen LogP contribution in [0.15, 0.2) is 39.1 Å². The van der Waals surface area contributed by atoms with Gasteiger partial charge in [-0.05, 0) is 25.1 Å². The fraction of sp³-hybridized carbons (Fsp3) is 0.333. The molecule has 0 N–H and O–H groups in total. The zero-order valence-corrected chi connectivity index (χ0v) is 13.9. The number of ether oxygens (including phenoxy) is 3. The number of carbonyl (C=O) groups excluding carboxylic acids is 1. The van der Waals surface area contributed by atoms with Crippen LogP contribution in [-0.2, 0) is 24.8 Å². The molecule has 1 aromatic carbocycles. The predicted octanol–water partition coefficient (Wildman–Crippen LogP) is 2.24. The lowest BCUT2D eigenvalue weighted by molar-refractivity contribution is -0.274. The monoisotopic (exact) mass is 330 g/mol. The highest BCUT2D eigenvalue weighted by Crippen LogP contribution is 2.42. The lowest BCUT2D eigenvalue weighted by atomic mass is 9.86. The average molecular weight is 330 g/mol.